The number of H-pyrrole nitrogens is 1. The molecular weight excluding hydrogens is 288 g/mol. The van der Waals surface area contributed by atoms with Gasteiger partial charge in [0.05, 0.1) is 0 Å². The summed E-state index contributed by atoms with van der Waals surface area (Å²) in [5.74, 6) is 0.450. The van der Waals surface area contributed by atoms with Crippen molar-refractivity contribution in [1.29, 1.82) is 0 Å². The number of aromatic nitrogens is 1. The average molecular weight is 311 g/mol. The van der Waals surface area contributed by atoms with E-state index in [1.165, 1.54) is 0 Å². The number of rotatable bonds is 7. The summed E-state index contributed by atoms with van der Waals surface area (Å²) in [6.45, 7) is 2.72. The fourth-order valence-corrected chi connectivity index (χ4v) is 2.29. The molecule has 0 bridgehead atoms. The largest absolute Gasteiger partial charge is 0.427 e. The van der Waals surface area contributed by atoms with Gasteiger partial charge in [0.25, 0.3) is 0 Å². The van der Waals surface area contributed by atoms with Gasteiger partial charge in [-0.2, -0.15) is 0 Å². The first-order valence-electron chi connectivity index (χ1n) is 7.25. The smallest absolute Gasteiger partial charge is 0.311 e. The maximum absolute atomic E-state index is 11.7. The summed E-state index contributed by atoms with van der Waals surface area (Å²) in [4.78, 5) is 14.9. The van der Waals surface area contributed by atoms with E-state index in [4.69, 9.17) is 10.5 Å². The molecule has 2 rings (SSSR count). The number of esters is 1. The third kappa shape index (κ3) is 4.76. The summed E-state index contributed by atoms with van der Waals surface area (Å²) in [6, 6.07) is 5.67. The van der Waals surface area contributed by atoms with E-state index in [0.29, 0.717) is 18.7 Å². The highest BCUT2D eigenvalue weighted by Crippen LogP contribution is 2.24. The molecule has 0 unspecified atom stereocenters. The van der Waals surface area contributed by atoms with Crippen LogP contribution in [0.4, 0.5) is 0 Å². The quantitative estimate of drug-likeness (QED) is 0.466. The van der Waals surface area contributed by atoms with Gasteiger partial charge in [-0.15, -0.1) is 12.4 Å². The predicted molar refractivity (Wildman–Crippen MR) is 88.1 cm³/mol. The van der Waals surface area contributed by atoms with Crippen LogP contribution in [0, 0.1) is 0 Å². The van der Waals surface area contributed by atoms with Crippen molar-refractivity contribution in [2.24, 2.45) is 5.73 Å². The van der Waals surface area contributed by atoms with Crippen LogP contribution in [0.3, 0.4) is 0 Å². The summed E-state index contributed by atoms with van der Waals surface area (Å²) in [5, 5.41) is 1.08. The topological polar surface area (TPSA) is 68.1 Å². The summed E-state index contributed by atoms with van der Waals surface area (Å²) in [6.07, 6.45) is 6.31. The van der Waals surface area contributed by atoms with Crippen molar-refractivity contribution in [3.63, 3.8) is 0 Å². The minimum atomic E-state index is -0.159. The van der Waals surface area contributed by atoms with Gasteiger partial charge in [-0.25, -0.2) is 0 Å². The molecule has 0 spiro atoms. The Bertz CT molecular complexity index is 581. The van der Waals surface area contributed by atoms with E-state index in [1.54, 1.807) is 0 Å². The molecule has 1 aromatic carbocycles. The number of benzene rings is 1. The molecule has 0 saturated carbocycles. The van der Waals surface area contributed by atoms with Gasteiger partial charge in [-0.3, -0.25) is 4.79 Å². The molecule has 0 saturated heterocycles. The van der Waals surface area contributed by atoms with Crippen LogP contribution in [0.25, 0.3) is 10.9 Å². The zero-order valence-corrected chi connectivity index (χ0v) is 13.2. The van der Waals surface area contributed by atoms with Crippen molar-refractivity contribution in [3.8, 4) is 5.75 Å². The molecule has 0 aliphatic rings. The van der Waals surface area contributed by atoms with Crippen LogP contribution in [0.5, 0.6) is 5.75 Å². The monoisotopic (exact) mass is 310 g/mol. The van der Waals surface area contributed by atoms with E-state index in [2.05, 4.69) is 11.9 Å². The molecule has 0 aliphatic heterocycles. The van der Waals surface area contributed by atoms with Crippen LogP contribution in [0.2, 0.25) is 0 Å². The first-order chi connectivity index (χ1) is 9.74. The third-order valence-corrected chi connectivity index (χ3v) is 3.37. The fourth-order valence-electron chi connectivity index (χ4n) is 2.29. The molecule has 21 heavy (non-hydrogen) atoms. The van der Waals surface area contributed by atoms with Crippen molar-refractivity contribution in [1.82, 2.24) is 4.98 Å². The lowest BCUT2D eigenvalue weighted by Gasteiger charge is -2.05. The van der Waals surface area contributed by atoms with E-state index in [9.17, 15) is 4.79 Å². The highest BCUT2D eigenvalue weighted by Gasteiger charge is 2.08. The number of fused-ring (bicyclic) bond motifs is 1. The molecule has 0 amide bonds. The van der Waals surface area contributed by atoms with Crippen molar-refractivity contribution < 1.29 is 9.53 Å². The summed E-state index contributed by atoms with van der Waals surface area (Å²) in [7, 11) is 0. The van der Waals surface area contributed by atoms with Gasteiger partial charge in [0.15, 0.2) is 0 Å². The lowest BCUT2D eigenvalue weighted by atomic mass is 10.1. The molecule has 116 valence electrons. The normalized spacial score (nSPS) is 10.4. The lowest BCUT2D eigenvalue weighted by Crippen LogP contribution is -2.07. The van der Waals surface area contributed by atoms with Gasteiger partial charge in [-0.05, 0) is 43.1 Å². The molecule has 0 fully saturated rings. The molecule has 1 heterocycles. The van der Waals surface area contributed by atoms with E-state index in [-0.39, 0.29) is 18.4 Å². The second-order valence-electron chi connectivity index (χ2n) is 4.99. The van der Waals surface area contributed by atoms with Crippen LogP contribution in [0.15, 0.2) is 24.4 Å². The second kappa shape index (κ2) is 8.70. The Morgan fingerprint density at radius 3 is 2.86 bits per heavy atom. The van der Waals surface area contributed by atoms with E-state index >= 15 is 0 Å². The van der Waals surface area contributed by atoms with Gasteiger partial charge in [0, 0.05) is 23.5 Å². The number of nitrogens with two attached hydrogens (primary N) is 1. The molecule has 1 aromatic heterocycles. The Kier molecular flexibility index (Phi) is 7.26. The molecule has 2 aromatic rings. The van der Waals surface area contributed by atoms with Gasteiger partial charge in [-0.1, -0.05) is 19.8 Å². The number of halogens is 1. The number of carbonyl (C=O) groups is 1. The molecule has 5 heteroatoms. The fraction of sp³-hybridized carbons (Fsp3) is 0.438. The van der Waals surface area contributed by atoms with Crippen LogP contribution in [-0.2, 0) is 11.2 Å². The standard InChI is InChI=1S/C16H22N2O2.ClH/c1-2-3-4-5-16(19)20-13-6-7-15-14(10-13)12(8-9-17)11-18-15;/h6-7,10-11,18H,2-5,8-9,17H2,1H3;1H. The van der Waals surface area contributed by atoms with Crippen molar-refractivity contribution >= 4 is 29.3 Å². The summed E-state index contributed by atoms with van der Waals surface area (Å²) < 4.78 is 5.39. The minimum Gasteiger partial charge on any atom is -0.427 e. The number of carbonyl (C=O) groups excluding carboxylic acids is 1. The highest BCUT2D eigenvalue weighted by molar-refractivity contribution is 5.86. The average Bonchev–Trinajstić information content (AvgIpc) is 2.82. The van der Waals surface area contributed by atoms with Gasteiger partial charge < -0.3 is 15.5 Å². The van der Waals surface area contributed by atoms with Crippen molar-refractivity contribution in [2.75, 3.05) is 6.54 Å². The lowest BCUT2D eigenvalue weighted by molar-refractivity contribution is -0.134. The summed E-state index contributed by atoms with van der Waals surface area (Å²) >= 11 is 0. The van der Waals surface area contributed by atoms with Crippen LogP contribution in [-0.4, -0.2) is 17.5 Å². The Hall–Kier alpha value is -1.52. The van der Waals surface area contributed by atoms with Crippen LogP contribution >= 0.6 is 12.4 Å². The SMILES string of the molecule is CCCCCC(=O)Oc1ccc2[nH]cc(CCN)c2c1.Cl. The van der Waals surface area contributed by atoms with Gasteiger partial charge >= 0.3 is 5.97 Å². The Balaban J connectivity index is 0.00000220. The molecule has 0 atom stereocenters. The number of aromatic amines is 1. The number of nitrogens with one attached hydrogen (secondary N) is 1. The molecule has 0 aliphatic carbocycles. The molecule has 4 nitrogen and oxygen atoms in total. The Morgan fingerprint density at radius 2 is 2.14 bits per heavy atom. The first-order valence-corrected chi connectivity index (χ1v) is 7.25. The number of ether oxygens (including phenoxy) is 1. The second-order valence-corrected chi connectivity index (χ2v) is 4.99. The Labute approximate surface area is 131 Å². The Morgan fingerprint density at radius 1 is 1.33 bits per heavy atom. The van der Waals surface area contributed by atoms with Gasteiger partial charge in [0.2, 0.25) is 0 Å². The zero-order valence-electron chi connectivity index (χ0n) is 12.4. The number of unbranched alkanes of at least 4 members (excludes halogenated alkanes) is 2. The summed E-state index contributed by atoms with van der Waals surface area (Å²) in [5.41, 5.74) is 7.80. The van der Waals surface area contributed by atoms with Crippen molar-refractivity contribution in [3.05, 3.63) is 30.0 Å². The maximum Gasteiger partial charge on any atom is 0.311 e. The van der Waals surface area contributed by atoms with E-state index in [1.807, 2.05) is 24.4 Å². The molecule has 0 radical (unpaired) electrons. The number of hydrogen-bond donors (Lipinski definition) is 2. The van der Waals surface area contributed by atoms with Crippen LogP contribution in [0.1, 0.15) is 38.2 Å². The van der Waals surface area contributed by atoms with E-state index < -0.39 is 0 Å². The zero-order chi connectivity index (χ0) is 14.4. The minimum absolute atomic E-state index is 0. The maximum atomic E-state index is 11.7. The predicted octanol–water partition coefficient (Wildman–Crippen LogP) is 3.58. The highest BCUT2D eigenvalue weighted by atomic mass is 35.5. The van der Waals surface area contributed by atoms with Crippen LogP contribution < -0.4 is 10.5 Å². The third-order valence-electron chi connectivity index (χ3n) is 3.37. The first kappa shape index (κ1) is 17.5. The van der Waals surface area contributed by atoms with Gasteiger partial charge in [0.1, 0.15) is 5.75 Å². The number of hydrogen-bond acceptors (Lipinski definition) is 3. The molecule has 3 N–H and O–H groups in total. The molecular formula is C16H23ClN2O2. The van der Waals surface area contributed by atoms with E-state index in [0.717, 1.165) is 42.1 Å². The van der Waals surface area contributed by atoms with Crippen molar-refractivity contribution in [2.45, 2.75) is 39.0 Å².